The maximum atomic E-state index is 12.5. The summed E-state index contributed by atoms with van der Waals surface area (Å²) in [5.74, 6) is 0.0610. The van der Waals surface area contributed by atoms with Gasteiger partial charge in [-0.05, 0) is 49.1 Å². The Kier molecular flexibility index (Phi) is 5.77. The third-order valence-electron chi connectivity index (χ3n) is 5.93. The number of nitrogens with zero attached hydrogens (tertiary/aromatic N) is 1. The molecule has 28 heavy (non-hydrogen) atoms. The van der Waals surface area contributed by atoms with E-state index in [-0.39, 0.29) is 5.91 Å². The molecule has 1 aliphatic rings. The second kappa shape index (κ2) is 8.61. The summed E-state index contributed by atoms with van der Waals surface area (Å²) in [7, 11) is 0. The number of hydrogen-bond acceptors (Lipinski definition) is 2. The molecule has 2 heterocycles. The van der Waals surface area contributed by atoms with Crippen molar-refractivity contribution in [2.45, 2.75) is 51.7 Å². The molecule has 3 aromatic rings. The standard InChI is InChI=1S/C24H29N3O/c1-18-8-6-7-13-27(18)17-20-10-3-2-9-19(20)15-26-24(28)14-21-16-25-23-12-5-4-11-22(21)23/h2-5,9-12,16,18,25H,6-8,13-15,17H2,1H3,(H,26,28). The summed E-state index contributed by atoms with van der Waals surface area (Å²) < 4.78 is 0. The monoisotopic (exact) mass is 375 g/mol. The Morgan fingerprint density at radius 2 is 1.86 bits per heavy atom. The third kappa shape index (κ3) is 4.28. The van der Waals surface area contributed by atoms with Crippen LogP contribution < -0.4 is 5.32 Å². The summed E-state index contributed by atoms with van der Waals surface area (Å²) in [6.45, 7) is 5.04. The van der Waals surface area contributed by atoms with Crippen molar-refractivity contribution in [2.75, 3.05) is 6.54 Å². The first-order chi connectivity index (χ1) is 13.7. The van der Waals surface area contributed by atoms with Gasteiger partial charge in [0.15, 0.2) is 0 Å². The van der Waals surface area contributed by atoms with Crippen LogP contribution in [0.15, 0.2) is 54.7 Å². The van der Waals surface area contributed by atoms with Crippen LogP contribution >= 0.6 is 0 Å². The Morgan fingerprint density at radius 3 is 2.71 bits per heavy atom. The van der Waals surface area contributed by atoms with Crippen LogP contribution in [-0.2, 0) is 24.3 Å². The first-order valence-electron chi connectivity index (χ1n) is 10.3. The number of piperidine rings is 1. The van der Waals surface area contributed by atoms with Gasteiger partial charge in [-0.25, -0.2) is 0 Å². The maximum absolute atomic E-state index is 12.5. The lowest BCUT2D eigenvalue weighted by Crippen LogP contribution is -2.37. The van der Waals surface area contributed by atoms with Crippen molar-refractivity contribution in [1.29, 1.82) is 0 Å². The molecule has 0 aliphatic carbocycles. The Bertz CT molecular complexity index is 946. The van der Waals surface area contributed by atoms with E-state index in [1.54, 1.807) is 0 Å². The highest BCUT2D eigenvalue weighted by atomic mass is 16.1. The normalized spacial score (nSPS) is 17.7. The number of H-pyrrole nitrogens is 1. The molecule has 4 nitrogen and oxygen atoms in total. The molecule has 4 heteroatoms. The molecule has 1 atom stereocenters. The molecule has 146 valence electrons. The van der Waals surface area contributed by atoms with Crippen molar-refractivity contribution >= 4 is 16.8 Å². The van der Waals surface area contributed by atoms with E-state index in [1.165, 1.54) is 36.9 Å². The summed E-state index contributed by atoms with van der Waals surface area (Å²) in [5.41, 5.74) is 4.66. The van der Waals surface area contributed by atoms with Crippen LogP contribution in [0.1, 0.15) is 42.9 Å². The fraction of sp³-hybridized carbons (Fsp3) is 0.375. The fourth-order valence-electron chi connectivity index (χ4n) is 4.20. The first-order valence-corrected chi connectivity index (χ1v) is 10.3. The number of amides is 1. The summed E-state index contributed by atoms with van der Waals surface area (Å²) in [4.78, 5) is 18.4. The minimum absolute atomic E-state index is 0.0610. The molecule has 0 saturated carbocycles. The Hall–Kier alpha value is -2.59. The van der Waals surface area contributed by atoms with Gasteiger partial charge in [0.2, 0.25) is 5.91 Å². The minimum atomic E-state index is 0.0610. The van der Waals surface area contributed by atoms with Crippen molar-refractivity contribution in [3.05, 3.63) is 71.4 Å². The number of rotatable bonds is 6. The van der Waals surface area contributed by atoms with Crippen LogP contribution in [0.2, 0.25) is 0 Å². The molecule has 1 fully saturated rings. The number of aromatic amines is 1. The number of fused-ring (bicyclic) bond motifs is 1. The van der Waals surface area contributed by atoms with Gasteiger partial charge in [-0.2, -0.15) is 0 Å². The molecular formula is C24H29N3O. The van der Waals surface area contributed by atoms with Gasteiger partial charge in [0.05, 0.1) is 6.42 Å². The average Bonchev–Trinajstić information content (AvgIpc) is 3.12. The number of carbonyl (C=O) groups excluding carboxylic acids is 1. The van der Waals surface area contributed by atoms with E-state index in [2.05, 4.69) is 52.5 Å². The molecule has 1 saturated heterocycles. The smallest absolute Gasteiger partial charge is 0.224 e. The summed E-state index contributed by atoms with van der Waals surface area (Å²) in [6, 6.07) is 17.2. The fourth-order valence-corrected chi connectivity index (χ4v) is 4.20. The van der Waals surface area contributed by atoms with E-state index < -0.39 is 0 Å². The largest absolute Gasteiger partial charge is 0.361 e. The zero-order valence-corrected chi connectivity index (χ0v) is 16.6. The lowest BCUT2D eigenvalue weighted by Gasteiger charge is -2.33. The molecule has 1 unspecified atom stereocenters. The van der Waals surface area contributed by atoms with E-state index >= 15 is 0 Å². The molecule has 1 amide bonds. The van der Waals surface area contributed by atoms with E-state index in [1.807, 2.05) is 24.4 Å². The lowest BCUT2D eigenvalue weighted by molar-refractivity contribution is -0.120. The predicted molar refractivity (Wildman–Crippen MR) is 114 cm³/mol. The van der Waals surface area contributed by atoms with Crippen molar-refractivity contribution in [3.63, 3.8) is 0 Å². The molecule has 0 spiro atoms. The molecule has 0 radical (unpaired) electrons. The van der Waals surface area contributed by atoms with Crippen molar-refractivity contribution < 1.29 is 4.79 Å². The van der Waals surface area contributed by atoms with Crippen molar-refractivity contribution in [3.8, 4) is 0 Å². The molecule has 0 bridgehead atoms. The molecule has 2 aromatic carbocycles. The first kappa shape index (κ1) is 18.8. The highest BCUT2D eigenvalue weighted by Gasteiger charge is 2.19. The average molecular weight is 376 g/mol. The van der Waals surface area contributed by atoms with E-state index in [0.717, 1.165) is 23.0 Å². The number of carbonyl (C=O) groups is 1. The highest BCUT2D eigenvalue weighted by molar-refractivity contribution is 5.88. The van der Waals surface area contributed by atoms with Gasteiger partial charge in [0.25, 0.3) is 0 Å². The topological polar surface area (TPSA) is 48.1 Å². The summed E-state index contributed by atoms with van der Waals surface area (Å²) in [5, 5.41) is 4.24. The second-order valence-corrected chi connectivity index (χ2v) is 7.90. The van der Waals surface area contributed by atoms with Crippen molar-refractivity contribution in [1.82, 2.24) is 15.2 Å². The Morgan fingerprint density at radius 1 is 1.07 bits per heavy atom. The maximum Gasteiger partial charge on any atom is 0.224 e. The van der Waals surface area contributed by atoms with Gasteiger partial charge in [0.1, 0.15) is 0 Å². The highest BCUT2D eigenvalue weighted by Crippen LogP contribution is 2.21. The lowest BCUT2D eigenvalue weighted by atomic mass is 10.0. The molecule has 1 aliphatic heterocycles. The zero-order valence-electron chi connectivity index (χ0n) is 16.6. The number of nitrogens with one attached hydrogen (secondary N) is 2. The third-order valence-corrected chi connectivity index (χ3v) is 5.93. The Labute approximate surface area is 166 Å². The van der Waals surface area contributed by atoms with E-state index in [0.29, 0.717) is 19.0 Å². The van der Waals surface area contributed by atoms with Gasteiger partial charge < -0.3 is 10.3 Å². The summed E-state index contributed by atoms with van der Waals surface area (Å²) >= 11 is 0. The summed E-state index contributed by atoms with van der Waals surface area (Å²) in [6.07, 6.45) is 6.24. The minimum Gasteiger partial charge on any atom is -0.361 e. The van der Waals surface area contributed by atoms with Crippen LogP contribution in [0.5, 0.6) is 0 Å². The number of aromatic nitrogens is 1. The number of hydrogen-bond donors (Lipinski definition) is 2. The number of likely N-dealkylation sites (tertiary alicyclic amines) is 1. The van der Waals surface area contributed by atoms with Crippen molar-refractivity contribution in [2.24, 2.45) is 0 Å². The number of benzene rings is 2. The van der Waals surface area contributed by atoms with E-state index in [4.69, 9.17) is 0 Å². The molecule has 4 rings (SSSR count). The van der Waals surface area contributed by atoms with Crippen LogP contribution in [-0.4, -0.2) is 28.4 Å². The van der Waals surface area contributed by atoms with Crippen LogP contribution in [0.3, 0.4) is 0 Å². The zero-order chi connectivity index (χ0) is 19.3. The second-order valence-electron chi connectivity index (χ2n) is 7.90. The van der Waals surface area contributed by atoms with E-state index in [9.17, 15) is 4.79 Å². The SMILES string of the molecule is CC1CCCCN1Cc1ccccc1CNC(=O)Cc1c[nH]c2ccccc12. The Balaban J connectivity index is 1.38. The predicted octanol–water partition coefficient (Wildman–Crippen LogP) is 4.40. The van der Waals surface area contributed by atoms with Crippen LogP contribution in [0, 0.1) is 0 Å². The van der Waals surface area contributed by atoms with Gasteiger partial charge >= 0.3 is 0 Å². The molecular weight excluding hydrogens is 346 g/mol. The van der Waals surface area contributed by atoms with Gasteiger partial charge in [-0.3, -0.25) is 9.69 Å². The molecule has 2 N–H and O–H groups in total. The van der Waals surface area contributed by atoms with Crippen LogP contribution in [0.4, 0.5) is 0 Å². The van der Waals surface area contributed by atoms with Crippen LogP contribution in [0.25, 0.3) is 10.9 Å². The van der Waals surface area contributed by atoms with Gasteiger partial charge in [0, 0.05) is 36.2 Å². The number of para-hydroxylation sites is 1. The quantitative estimate of drug-likeness (QED) is 0.671. The van der Waals surface area contributed by atoms with Gasteiger partial charge in [-0.15, -0.1) is 0 Å². The molecule has 1 aromatic heterocycles. The van der Waals surface area contributed by atoms with Gasteiger partial charge in [-0.1, -0.05) is 48.9 Å².